The predicted octanol–water partition coefficient (Wildman–Crippen LogP) is 2.17. The molecule has 1 aromatic carbocycles. The fourth-order valence-electron chi connectivity index (χ4n) is 1.91. The van der Waals surface area contributed by atoms with Crippen molar-refractivity contribution in [1.29, 1.82) is 0 Å². The molecule has 0 fully saturated rings. The van der Waals surface area contributed by atoms with Crippen LogP contribution in [-0.4, -0.2) is 25.8 Å². The number of carbonyl (C=O) groups is 1. The number of carbonyl (C=O) groups excluding carboxylic acids is 1. The summed E-state index contributed by atoms with van der Waals surface area (Å²) < 4.78 is 0. The molecule has 20 heavy (non-hydrogen) atoms. The number of aromatic nitrogens is 4. The molecule has 0 aliphatic rings. The van der Waals surface area contributed by atoms with Crippen LogP contribution in [0.2, 0.25) is 0 Å². The minimum atomic E-state index is -0.245. The van der Waals surface area contributed by atoms with Gasteiger partial charge in [0.25, 0.3) is 5.91 Å². The lowest BCUT2D eigenvalue weighted by atomic mass is 10.2. The summed E-state index contributed by atoms with van der Waals surface area (Å²) in [5.41, 5.74) is 2.24. The van der Waals surface area contributed by atoms with Crippen molar-refractivity contribution in [2.75, 3.05) is 5.32 Å². The van der Waals surface area contributed by atoms with Gasteiger partial charge in [-0.05, 0) is 24.3 Å². The van der Waals surface area contributed by atoms with Gasteiger partial charge in [-0.1, -0.05) is 6.92 Å². The molecular formula is C14H13N5O. The molecule has 0 saturated heterocycles. The lowest BCUT2D eigenvalue weighted by Gasteiger charge is -2.02. The van der Waals surface area contributed by atoms with E-state index in [1.807, 2.05) is 13.0 Å². The molecule has 0 unspecified atom stereocenters. The van der Waals surface area contributed by atoms with E-state index in [1.54, 1.807) is 30.6 Å². The SMILES string of the molecule is CCc1nc2ccc(C(=O)Nc3ncccn3)cc2[nH]1. The average molecular weight is 267 g/mol. The van der Waals surface area contributed by atoms with Gasteiger partial charge in [0.15, 0.2) is 0 Å². The molecule has 2 heterocycles. The van der Waals surface area contributed by atoms with E-state index in [4.69, 9.17) is 0 Å². The summed E-state index contributed by atoms with van der Waals surface area (Å²) in [6.45, 7) is 2.03. The molecule has 1 amide bonds. The number of aryl methyl sites for hydroxylation is 1. The largest absolute Gasteiger partial charge is 0.342 e. The number of benzene rings is 1. The third-order valence-electron chi connectivity index (χ3n) is 2.92. The number of fused-ring (bicyclic) bond motifs is 1. The highest BCUT2D eigenvalue weighted by Crippen LogP contribution is 2.15. The van der Waals surface area contributed by atoms with Crippen LogP contribution < -0.4 is 5.32 Å². The first-order valence-corrected chi connectivity index (χ1v) is 6.33. The van der Waals surface area contributed by atoms with Crippen LogP contribution >= 0.6 is 0 Å². The topological polar surface area (TPSA) is 83.6 Å². The number of nitrogens with one attached hydrogen (secondary N) is 2. The summed E-state index contributed by atoms with van der Waals surface area (Å²) in [7, 11) is 0. The zero-order chi connectivity index (χ0) is 13.9. The van der Waals surface area contributed by atoms with Gasteiger partial charge >= 0.3 is 0 Å². The van der Waals surface area contributed by atoms with Gasteiger partial charge in [-0.3, -0.25) is 10.1 Å². The molecule has 3 rings (SSSR count). The second kappa shape index (κ2) is 5.08. The van der Waals surface area contributed by atoms with E-state index in [9.17, 15) is 4.79 Å². The lowest BCUT2D eigenvalue weighted by molar-refractivity contribution is 0.102. The molecule has 0 spiro atoms. The Morgan fingerprint density at radius 2 is 2.10 bits per heavy atom. The van der Waals surface area contributed by atoms with Crippen LogP contribution in [-0.2, 0) is 6.42 Å². The van der Waals surface area contributed by atoms with E-state index in [0.717, 1.165) is 23.3 Å². The Hall–Kier alpha value is -2.76. The molecule has 3 aromatic rings. The third-order valence-corrected chi connectivity index (χ3v) is 2.92. The van der Waals surface area contributed by atoms with E-state index < -0.39 is 0 Å². The summed E-state index contributed by atoms with van der Waals surface area (Å²) in [4.78, 5) is 27.6. The standard InChI is InChI=1S/C14H13N5O/c1-2-12-17-10-5-4-9(8-11(10)18-12)13(20)19-14-15-6-3-7-16-14/h3-8H,2H2,1H3,(H,17,18)(H,15,16,19,20). The monoisotopic (exact) mass is 267 g/mol. The van der Waals surface area contributed by atoms with Crippen LogP contribution in [0.1, 0.15) is 23.1 Å². The maximum Gasteiger partial charge on any atom is 0.258 e. The molecule has 100 valence electrons. The van der Waals surface area contributed by atoms with Gasteiger partial charge in [0.1, 0.15) is 5.82 Å². The quantitative estimate of drug-likeness (QED) is 0.761. The summed E-state index contributed by atoms with van der Waals surface area (Å²) in [5.74, 6) is 0.950. The summed E-state index contributed by atoms with van der Waals surface area (Å²) in [6, 6.07) is 7.03. The van der Waals surface area contributed by atoms with Crippen LogP contribution in [0.3, 0.4) is 0 Å². The highest BCUT2D eigenvalue weighted by molar-refractivity contribution is 6.05. The van der Waals surface area contributed by atoms with Crippen LogP contribution in [0.4, 0.5) is 5.95 Å². The number of imidazole rings is 1. The van der Waals surface area contributed by atoms with Gasteiger partial charge in [0.2, 0.25) is 5.95 Å². The fraction of sp³-hybridized carbons (Fsp3) is 0.143. The first kappa shape index (κ1) is 12.3. The van der Waals surface area contributed by atoms with Crippen molar-refractivity contribution in [3.05, 3.63) is 48.0 Å². The Kier molecular flexibility index (Phi) is 3.12. The summed E-state index contributed by atoms with van der Waals surface area (Å²) >= 11 is 0. The first-order chi connectivity index (χ1) is 9.76. The van der Waals surface area contributed by atoms with E-state index >= 15 is 0 Å². The van der Waals surface area contributed by atoms with Crippen molar-refractivity contribution < 1.29 is 4.79 Å². The molecule has 0 aliphatic carbocycles. The number of aromatic amines is 1. The van der Waals surface area contributed by atoms with E-state index in [1.165, 1.54) is 0 Å². The minimum absolute atomic E-state index is 0.245. The lowest BCUT2D eigenvalue weighted by Crippen LogP contribution is -2.13. The number of anilines is 1. The molecule has 0 saturated carbocycles. The maximum atomic E-state index is 12.1. The molecule has 0 aliphatic heterocycles. The van der Waals surface area contributed by atoms with E-state index in [-0.39, 0.29) is 11.9 Å². The molecule has 2 aromatic heterocycles. The van der Waals surface area contributed by atoms with Gasteiger partial charge in [0.05, 0.1) is 11.0 Å². The Bertz CT molecular complexity index is 751. The van der Waals surface area contributed by atoms with Gasteiger partial charge in [-0.2, -0.15) is 0 Å². The molecule has 0 atom stereocenters. The number of H-pyrrole nitrogens is 1. The second-order valence-electron chi connectivity index (χ2n) is 4.30. The molecule has 6 heteroatoms. The van der Waals surface area contributed by atoms with Gasteiger partial charge in [-0.15, -0.1) is 0 Å². The van der Waals surface area contributed by atoms with Gasteiger partial charge in [-0.25, -0.2) is 15.0 Å². The highest BCUT2D eigenvalue weighted by atomic mass is 16.1. The normalized spacial score (nSPS) is 10.7. The smallest absolute Gasteiger partial charge is 0.258 e. The van der Waals surface area contributed by atoms with E-state index in [2.05, 4.69) is 25.3 Å². The summed E-state index contributed by atoms with van der Waals surface area (Å²) in [5, 5.41) is 2.65. The minimum Gasteiger partial charge on any atom is -0.342 e. The zero-order valence-corrected chi connectivity index (χ0v) is 10.9. The van der Waals surface area contributed by atoms with Crippen LogP contribution in [0.15, 0.2) is 36.7 Å². The van der Waals surface area contributed by atoms with Crippen LogP contribution in [0.5, 0.6) is 0 Å². The molecule has 2 N–H and O–H groups in total. The molecule has 0 bridgehead atoms. The summed E-state index contributed by atoms with van der Waals surface area (Å²) in [6.07, 6.45) is 3.98. The highest BCUT2D eigenvalue weighted by Gasteiger charge is 2.09. The van der Waals surface area contributed by atoms with Crippen molar-refractivity contribution in [2.45, 2.75) is 13.3 Å². The Labute approximate surface area is 115 Å². The maximum absolute atomic E-state index is 12.1. The third kappa shape index (κ3) is 2.35. The van der Waals surface area contributed by atoms with Crippen molar-refractivity contribution in [2.24, 2.45) is 0 Å². The van der Waals surface area contributed by atoms with Crippen LogP contribution in [0, 0.1) is 0 Å². The molecular weight excluding hydrogens is 254 g/mol. The van der Waals surface area contributed by atoms with Gasteiger partial charge < -0.3 is 4.98 Å². The number of nitrogens with zero attached hydrogens (tertiary/aromatic N) is 3. The Balaban J connectivity index is 1.87. The number of amides is 1. The molecule has 6 nitrogen and oxygen atoms in total. The average Bonchev–Trinajstić information content (AvgIpc) is 2.90. The van der Waals surface area contributed by atoms with Crippen molar-refractivity contribution in [3.63, 3.8) is 0 Å². The predicted molar refractivity (Wildman–Crippen MR) is 75.5 cm³/mol. The number of hydrogen-bond acceptors (Lipinski definition) is 4. The second-order valence-corrected chi connectivity index (χ2v) is 4.30. The van der Waals surface area contributed by atoms with Crippen molar-refractivity contribution in [3.8, 4) is 0 Å². The first-order valence-electron chi connectivity index (χ1n) is 6.33. The fourth-order valence-corrected chi connectivity index (χ4v) is 1.91. The number of rotatable bonds is 3. The van der Waals surface area contributed by atoms with Crippen LogP contribution in [0.25, 0.3) is 11.0 Å². The van der Waals surface area contributed by atoms with Gasteiger partial charge in [0, 0.05) is 24.4 Å². The Morgan fingerprint density at radius 3 is 2.85 bits per heavy atom. The number of hydrogen-bond donors (Lipinski definition) is 2. The van der Waals surface area contributed by atoms with E-state index in [0.29, 0.717) is 5.56 Å². The van der Waals surface area contributed by atoms with Crippen molar-refractivity contribution >= 4 is 22.9 Å². The Morgan fingerprint density at radius 1 is 1.30 bits per heavy atom. The van der Waals surface area contributed by atoms with Crippen molar-refractivity contribution in [1.82, 2.24) is 19.9 Å². The molecule has 0 radical (unpaired) electrons. The zero-order valence-electron chi connectivity index (χ0n) is 10.9.